The summed E-state index contributed by atoms with van der Waals surface area (Å²) in [4.78, 5) is 0. The number of aliphatic hydroxyl groups is 1. The fourth-order valence-corrected chi connectivity index (χ4v) is 7.02. The highest BCUT2D eigenvalue weighted by Crippen LogP contribution is 2.66. The first-order valence-electron chi connectivity index (χ1n) is 11.6. The van der Waals surface area contributed by atoms with Crippen LogP contribution >= 0.6 is 0 Å². The summed E-state index contributed by atoms with van der Waals surface area (Å²) in [5, 5.41) is 11.4. The number of allylic oxidation sites excluding steroid dienone is 5. The summed E-state index contributed by atoms with van der Waals surface area (Å²) < 4.78 is 0. The van der Waals surface area contributed by atoms with Crippen molar-refractivity contribution in [3.05, 3.63) is 36.0 Å². The second kappa shape index (κ2) is 9.12. The van der Waals surface area contributed by atoms with Gasteiger partial charge < -0.3 is 5.11 Å². The number of aliphatic hydroxyl groups excluding tert-OH is 1. The molecule has 2 unspecified atom stereocenters. The van der Waals surface area contributed by atoms with Crippen LogP contribution in [-0.2, 0) is 0 Å². The number of fused-ring (bicyclic) bond motifs is 3. The van der Waals surface area contributed by atoms with Gasteiger partial charge in [-0.2, -0.15) is 0 Å². The van der Waals surface area contributed by atoms with Gasteiger partial charge in [-0.15, -0.1) is 0 Å². The fraction of sp³-hybridized carbons (Fsp3) is 0.769. The van der Waals surface area contributed by atoms with E-state index in [-0.39, 0.29) is 16.9 Å². The Labute approximate surface area is 169 Å². The highest BCUT2D eigenvalue weighted by atomic mass is 16.3. The molecule has 3 fully saturated rings. The zero-order chi connectivity index (χ0) is 20.2. The summed E-state index contributed by atoms with van der Waals surface area (Å²) in [5.41, 5.74) is 3.37. The largest absolute Gasteiger partial charge is 0.392 e. The van der Waals surface area contributed by atoms with Crippen LogP contribution in [0.4, 0.5) is 0 Å². The third-order valence-electron chi connectivity index (χ3n) is 8.32. The Morgan fingerprint density at radius 1 is 1.22 bits per heavy atom. The maximum Gasteiger partial charge on any atom is 0.0652 e. The minimum Gasteiger partial charge on any atom is -0.392 e. The highest BCUT2D eigenvalue weighted by Gasteiger charge is 2.62. The maximum absolute atomic E-state index is 11.4. The number of rotatable bonds is 4. The smallest absolute Gasteiger partial charge is 0.0652 e. The van der Waals surface area contributed by atoms with E-state index in [2.05, 4.69) is 46.4 Å². The topological polar surface area (TPSA) is 20.2 Å². The van der Waals surface area contributed by atoms with Crippen LogP contribution in [0.15, 0.2) is 36.0 Å². The van der Waals surface area contributed by atoms with E-state index >= 15 is 0 Å². The van der Waals surface area contributed by atoms with Gasteiger partial charge in [-0.1, -0.05) is 65.8 Å². The van der Waals surface area contributed by atoms with Crippen molar-refractivity contribution in [3.8, 4) is 0 Å². The molecule has 3 aliphatic carbocycles. The van der Waals surface area contributed by atoms with Gasteiger partial charge in [0.25, 0.3) is 0 Å². The van der Waals surface area contributed by atoms with E-state index in [1.165, 1.54) is 44.9 Å². The second-order valence-electron chi connectivity index (χ2n) is 9.20. The summed E-state index contributed by atoms with van der Waals surface area (Å²) >= 11 is 0. The molecule has 0 saturated heterocycles. The van der Waals surface area contributed by atoms with E-state index in [9.17, 15) is 5.11 Å². The van der Waals surface area contributed by atoms with E-state index in [0.29, 0.717) is 11.8 Å². The minimum atomic E-state index is -0.120. The molecule has 1 N–H and O–H groups in total. The first-order chi connectivity index (χ1) is 13.0. The van der Waals surface area contributed by atoms with E-state index in [4.69, 9.17) is 0 Å². The molecule has 0 aromatic heterocycles. The lowest BCUT2D eigenvalue weighted by molar-refractivity contribution is -0.0620. The number of hydrogen-bond acceptors (Lipinski definition) is 1. The fourth-order valence-electron chi connectivity index (χ4n) is 7.02. The Hall–Kier alpha value is -0.820. The van der Waals surface area contributed by atoms with E-state index in [1.54, 1.807) is 11.1 Å². The van der Waals surface area contributed by atoms with Crippen molar-refractivity contribution in [1.82, 2.24) is 0 Å². The highest BCUT2D eigenvalue weighted by molar-refractivity contribution is 5.39. The molecule has 3 rings (SSSR count). The van der Waals surface area contributed by atoms with Gasteiger partial charge in [0, 0.05) is 0 Å². The van der Waals surface area contributed by atoms with Gasteiger partial charge in [-0.05, 0) is 91.6 Å². The quantitative estimate of drug-likeness (QED) is 0.542. The SMILES string of the molecule is C=C/C=C1\C(=C/C)CC[C@@H]2[C@H]3CC(CC)(CCC)C(O)[C@]3(C)CC[C@@H]12.CC. The molecule has 1 nitrogen and oxygen atoms in total. The zero-order valence-corrected chi connectivity index (χ0v) is 18.9. The molecule has 3 saturated carbocycles. The molecule has 1 heteroatoms. The molecule has 0 aliphatic heterocycles. The van der Waals surface area contributed by atoms with Crippen molar-refractivity contribution in [2.45, 2.75) is 99.0 Å². The van der Waals surface area contributed by atoms with Crippen molar-refractivity contribution >= 4 is 0 Å². The lowest BCUT2D eigenvalue weighted by atomic mass is 9.54. The van der Waals surface area contributed by atoms with E-state index < -0.39 is 0 Å². The molecule has 0 aromatic carbocycles. The average molecular weight is 373 g/mol. The second-order valence-corrected chi connectivity index (χ2v) is 9.20. The van der Waals surface area contributed by atoms with Gasteiger partial charge in [0.2, 0.25) is 0 Å². The van der Waals surface area contributed by atoms with Crippen molar-refractivity contribution < 1.29 is 5.11 Å². The third-order valence-corrected chi connectivity index (χ3v) is 8.32. The standard InChI is InChI=1S/C24H38O.C2H6/c1-6-10-18-17(8-3)11-12-20-19(18)13-15-23(5)21(20)16-24(9-4,14-7-2)22(23)25;1-2/h6,8,10,19-22,25H,1,7,9,11-16H2,2-5H3;1-2H3/b17-8-,18-10+;/t19-,20-,21+,22?,23+,24?;/m0./s1. The van der Waals surface area contributed by atoms with Crippen LogP contribution < -0.4 is 0 Å². The summed E-state index contributed by atoms with van der Waals surface area (Å²) in [6, 6.07) is 0. The molecule has 0 spiro atoms. The molecule has 0 amide bonds. The summed E-state index contributed by atoms with van der Waals surface area (Å²) in [7, 11) is 0. The van der Waals surface area contributed by atoms with Crippen LogP contribution in [-0.4, -0.2) is 11.2 Å². The van der Waals surface area contributed by atoms with Crippen molar-refractivity contribution in [2.75, 3.05) is 0 Å². The minimum absolute atomic E-state index is 0.120. The Bertz CT molecular complexity index is 571. The summed E-state index contributed by atoms with van der Waals surface area (Å²) in [5.74, 6) is 2.10. The zero-order valence-electron chi connectivity index (χ0n) is 18.9. The monoisotopic (exact) mass is 372 g/mol. The number of hydrogen-bond donors (Lipinski definition) is 1. The third kappa shape index (κ3) is 3.61. The van der Waals surface area contributed by atoms with Gasteiger partial charge >= 0.3 is 0 Å². The normalized spacial score (nSPS) is 43.7. The van der Waals surface area contributed by atoms with Crippen LogP contribution in [0.5, 0.6) is 0 Å². The molecule has 3 aliphatic rings. The first-order valence-corrected chi connectivity index (χ1v) is 11.6. The summed E-state index contributed by atoms with van der Waals surface area (Å²) in [6.45, 7) is 17.1. The van der Waals surface area contributed by atoms with Crippen molar-refractivity contribution in [3.63, 3.8) is 0 Å². The Kier molecular flexibility index (Phi) is 7.59. The predicted molar refractivity (Wildman–Crippen MR) is 119 cm³/mol. The Morgan fingerprint density at radius 3 is 2.48 bits per heavy atom. The van der Waals surface area contributed by atoms with Crippen molar-refractivity contribution in [1.29, 1.82) is 0 Å². The molecule has 0 bridgehead atoms. The van der Waals surface area contributed by atoms with Crippen LogP contribution in [0.3, 0.4) is 0 Å². The lowest BCUT2D eigenvalue weighted by Crippen LogP contribution is -2.46. The van der Waals surface area contributed by atoms with E-state index in [1.807, 2.05) is 19.9 Å². The average Bonchev–Trinajstić information content (AvgIpc) is 2.92. The van der Waals surface area contributed by atoms with Gasteiger partial charge in [-0.25, -0.2) is 0 Å². The Balaban J connectivity index is 0.00000126. The van der Waals surface area contributed by atoms with Crippen LogP contribution in [0, 0.1) is 28.6 Å². The molecule has 0 heterocycles. The molecule has 0 aromatic rings. The maximum atomic E-state index is 11.4. The lowest BCUT2D eigenvalue weighted by Gasteiger charge is -2.51. The summed E-state index contributed by atoms with van der Waals surface area (Å²) in [6.07, 6.45) is 16.1. The van der Waals surface area contributed by atoms with Gasteiger partial charge in [0.1, 0.15) is 0 Å². The van der Waals surface area contributed by atoms with Crippen LogP contribution in [0.25, 0.3) is 0 Å². The van der Waals surface area contributed by atoms with Gasteiger partial charge in [-0.3, -0.25) is 0 Å². The Morgan fingerprint density at radius 2 is 1.93 bits per heavy atom. The molecule has 154 valence electrons. The first kappa shape index (κ1) is 22.5. The molecule has 0 radical (unpaired) electrons. The molecule has 6 atom stereocenters. The van der Waals surface area contributed by atoms with Crippen molar-refractivity contribution in [2.24, 2.45) is 28.6 Å². The predicted octanol–water partition coefficient (Wildman–Crippen LogP) is 7.47. The molecule has 27 heavy (non-hydrogen) atoms. The van der Waals surface area contributed by atoms with Gasteiger partial charge in [0.05, 0.1) is 6.10 Å². The molecular weight excluding hydrogens is 328 g/mol. The molecular formula is C26H44O. The van der Waals surface area contributed by atoms with Crippen LogP contribution in [0.2, 0.25) is 0 Å². The van der Waals surface area contributed by atoms with Gasteiger partial charge in [0.15, 0.2) is 0 Å². The van der Waals surface area contributed by atoms with E-state index in [0.717, 1.165) is 12.3 Å². The van der Waals surface area contributed by atoms with Crippen LogP contribution in [0.1, 0.15) is 92.9 Å².